The van der Waals surface area contributed by atoms with Gasteiger partial charge in [-0.15, -0.1) is 10.2 Å². The second-order valence-corrected chi connectivity index (χ2v) is 7.15. The molecule has 2 N–H and O–H groups in total. The summed E-state index contributed by atoms with van der Waals surface area (Å²) in [5.41, 5.74) is 7.46. The molecule has 0 bridgehead atoms. The largest absolute Gasteiger partial charge is 0.494 e. The Hall–Kier alpha value is -2.80. The van der Waals surface area contributed by atoms with E-state index in [4.69, 9.17) is 10.5 Å². The molecule has 0 radical (unpaired) electrons. The first-order chi connectivity index (χ1) is 13.1. The van der Waals surface area contributed by atoms with E-state index >= 15 is 0 Å². The fourth-order valence-electron chi connectivity index (χ4n) is 2.62. The molecule has 2 aromatic carbocycles. The lowest BCUT2D eigenvalue weighted by molar-refractivity contribution is -0.118. The minimum atomic E-state index is -0.419. The molecule has 0 unspecified atom stereocenters. The molecule has 27 heavy (non-hydrogen) atoms. The number of carbonyl (C=O) groups excluding carboxylic acids is 1. The minimum Gasteiger partial charge on any atom is -0.494 e. The van der Waals surface area contributed by atoms with Crippen molar-refractivity contribution >= 4 is 17.7 Å². The van der Waals surface area contributed by atoms with E-state index in [1.54, 1.807) is 16.3 Å². The van der Waals surface area contributed by atoms with Crippen molar-refractivity contribution < 1.29 is 9.53 Å². The molecule has 7 heteroatoms. The third kappa shape index (κ3) is 5.34. The maximum absolute atomic E-state index is 11.5. The normalized spacial score (nSPS) is 10.7. The summed E-state index contributed by atoms with van der Waals surface area (Å²) in [6.07, 6.45) is 0.850. The summed E-state index contributed by atoms with van der Waals surface area (Å²) in [5.74, 6) is 1.90. The lowest BCUT2D eigenvalue weighted by Gasteiger charge is -2.09. The number of aryl methyl sites for hydroxylation is 1. The van der Waals surface area contributed by atoms with Crippen LogP contribution >= 0.6 is 11.8 Å². The van der Waals surface area contributed by atoms with Crippen LogP contribution in [-0.2, 0) is 11.3 Å². The number of amides is 1. The van der Waals surface area contributed by atoms with Crippen molar-refractivity contribution in [2.24, 2.45) is 5.73 Å². The molecule has 0 atom stereocenters. The van der Waals surface area contributed by atoms with E-state index in [9.17, 15) is 4.79 Å². The van der Waals surface area contributed by atoms with Crippen LogP contribution in [0.1, 0.15) is 12.0 Å². The summed E-state index contributed by atoms with van der Waals surface area (Å²) in [7, 11) is 0. The minimum absolute atomic E-state index is 0.0547. The number of nitrogens with two attached hydrogens (primary N) is 1. The van der Waals surface area contributed by atoms with Gasteiger partial charge in [0.15, 0.2) is 11.0 Å². The highest BCUT2D eigenvalue weighted by atomic mass is 32.2. The fraction of sp³-hybridized carbons (Fsp3) is 0.250. The summed E-state index contributed by atoms with van der Waals surface area (Å²) >= 11 is 1.55. The number of nitrogens with zero attached hydrogens (tertiary/aromatic N) is 3. The van der Waals surface area contributed by atoms with Crippen molar-refractivity contribution in [2.75, 3.05) is 12.4 Å². The average Bonchev–Trinajstić information content (AvgIpc) is 3.04. The molecular formula is C20H22N4O2S. The van der Waals surface area contributed by atoms with Gasteiger partial charge in [-0.25, -0.2) is 0 Å². The van der Waals surface area contributed by atoms with Gasteiger partial charge in [0.05, 0.1) is 6.61 Å². The second-order valence-electron chi connectivity index (χ2n) is 6.09. The molecular weight excluding hydrogens is 360 g/mol. The number of rotatable bonds is 9. The van der Waals surface area contributed by atoms with Gasteiger partial charge in [-0.3, -0.25) is 9.36 Å². The summed E-state index contributed by atoms with van der Waals surface area (Å²) in [6.45, 7) is 2.69. The van der Waals surface area contributed by atoms with Gasteiger partial charge in [-0.2, -0.15) is 0 Å². The van der Waals surface area contributed by atoms with Crippen LogP contribution in [0.4, 0.5) is 0 Å². The molecule has 1 aromatic heterocycles. The van der Waals surface area contributed by atoms with Crippen molar-refractivity contribution in [3.05, 3.63) is 60.2 Å². The van der Waals surface area contributed by atoms with E-state index < -0.39 is 5.91 Å². The van der Waals surface area contributed by atoms with E-state index in [1.165, 1.54) is 0 Å². The number of hydrogen-bond donors (Lipinski definition) is 1. The van der Waals surface area contributed by atoms with Gasteiger partial charge in [0.2, 0.25) is 5.91 Å². The predicted molar refractivity (Wildman–Crippen MR) is 107 cm³/mol. The molecule has 0 saturated carbocycles. The number of carbonyl (C=O) groups is 1. The zero-order valence-corrected chi connectivity index (χ0v) is 16.0. The van der Waals surface area contributed by atoms with Gasteiger partial charge in [0.1, 0.15) is 12.3 Å². The molecule has 0 spiro atoms. The zero-order chi connectivity index (χ0) is 19.1. The van der Waals surface area contributed by atoms with Crippen LogP contribution in [0.3, 0.4) is 0 Å². The Morgan fingerprint density at radius 1 is 1.15 bits per heavy atom. The summed E-state index contributed by atoms with van der Waals surface area (Å²) in [5, 5.41) is 9.22. The smallest absolute Gasteiger partial charge is 0.237 e. The Balaban J connectivity index is 1.63. The molecule has 0 aliphatic heterocycles. The molecule has 0 fully saturated rings. The number of aromatic nitrogens is 3. The van der Waals surface area contributed by atoms with Crippen LogP contribution in [0.5, 0.6) is 5.75 Å². The number of primary amides is 1. The van der Waals surface area contributed by atoms with Crippen LogP contribution in [0, 0.1) is 6.92 Å². The molecule has 3 aromatic rings. The van der Waals surface area contributed by atoms with Crippen molar-refractivity contribution in [1.29, 1.82) is 0 Å². The number of para-hydroxylation sites is 1. The van der Waals surface area contributed by atoms with Gasteiger partial charge in [0.25, 0.3) is 0 Å². The van der Waals surface area contributed by atoms with E-state index in [0.717, 1.165) is 29.1 Å². The van der Waals surface area contributed by atoms with Gasteiger partial charge in [-0.1, -0.05) is 53.7 Å². The molecule has 140 valence electrons. The first kappa shape index (κ1) is 19.0. The Morgan fingerprint density at radius 3 is 2.70 bits per heavy atom. The standard InChI is InChI=1S/C20H22N4O2S/c1-15-7-5-8-16(13-15)19-22-23-20(24(19)14-18(21)25)27-12-6-11-26-17-9-3-2-4-10-17/h2-5,7-10,13H,6,11-12,14H2,1H3,(H2,21,25). The first-order valence-electron chi connectivity index (χ1n) is 8.72. The number of benzene rings is 2. The van der Waals surface area contributed by atoms with Gasteiger partial charge >= 0.3 is 0 Å². The molecule has 0 aliphatic rings. The van der Waals surface area contributed by atoms with Gasteiger partial charge in [-0.05, 0) is 31.5 Å². The summed E-state index contributed by atoms with van der Waals surface area (Å²) in [6, 6.07) is 17.7. The monoisotopic (exact) mass is 382 g/mol. The Labute approximate surface area is 162 Å². The third-order valence-corrected chi connectivity index (χ3v) is 4.89. The molecule has 1 heterocycles. The lowest BCUT2D eigenvalue weighted by atomic mass is 10.1. The van der Waals surface area contributed by atoms with Crippen LogP contribution in [0.15, 0.2) is 59.8 Å². The summed E-state index contributed by atoms with van der Waals surface area (Å²) in [4.78, 5) is 11.5. The van der Waals surface area contributed by atoms with E-state index in [0.29, 0.717) is 17.6 Å². The average molecular weight is 382 g/mol. The van der Waals surface area contributed by atoms with E-state index in [1.807, 2.05) is 61.5 Å². The van der Waals surface area contributed by atoms with E-state index in [-0.39, 0.29) is 6.54 Å². The Morgan fingerprint density at radius 2 is 1.96 bits per heavy atom. The topological polar surface area (TPSA) is 83.0 Å². The molecule has 0 aliphatic carbocycles. The maximum atomic E-state index is 11.5. The zero-order valence-electron chi connectivity index (χ0n) is 15.2. The molecule has 3 rings (SSSR count). The molecule has 1 amide bonds. The van der Waals surface area contributed by atoms with Crippen molar-refractivity contribution in [2.45, 2.75) is 25.0 Å². The van der Waals surface area contributed by atoms with Crippen molar-refractivity contribution in [3.63, 3.8) is 0 Å². The summed E-state index contributed by atoms with van der Waals surface area (Å²) < 4.78 is 7.47. The maximum Gasteiger partial charge on any atom is 0.237 e. The van der Waals surface area contributed by atoms with E-state index in [2.05, 4.69) is 10.2 Å². The second kappa shape index (κ2) is 9.23. The van der Waals surface area contributed by atoms with Gasteiger partial charge in [0, 0.05) is 11.3 Å². The quantitative estimate of drug-likeness (QED) is 0.453. The fourth-order valence-corrected chi connectivity index (χ4v) is 3.47. The predicted octanol–water partition coefficient (Wildman–Crippen LogP) is 3.30. The lowest BCUT2D eigenvalue weighted by Crippen LogP contribution is -2.20. The number of thioether (sulfide) groups is 1. The van der Waals surface area contributed by atoms with Crippen molar-refractivity contribution in [3.8, 4) is 17.1 Å². The highest BCUT2D eigenvalue weighted by molar-refractivity contribution is 7.99. The molecule has 6 nitrogen and oxygen atoms in total. The van der Waals surface area contributed by atoms with Crippen LogP contribution in [0.25, 0.3) is 11.4 Å². The van der Waals surface area contributed by atoms with Crippen LogP contribution < -0.4 is 10.5 Å². The molecule has 0 saturated heterocycles. The number of ether oxygens (including phenoxy) is 1. The van der Waals surface area contributed by atoms with Crippen LogP contribution in [-0.4, -0.2) is 33.0 Å². The highest BCUT2D eigenvalue weighted by Crippen LogP contribution is 2.25. The number of hydrogen-bond acceptors (Lipinski definition) is 5. The Kier molecular flexibility index (Phi) is 6.49. The van der Waals surface area contributed by atoms with Gasteiger partial charge < -0.3 is 10.5 Å². The highest BCUT2D eigenvalue weighted by Gasteiger charge is 2.16. The van der Waals surface area contributed by atoms with Crippen LogP contribution in [0.2, 0.25) is 0 Å². The van der Waals surface area contributed by atoms with Crippen molar-refractivity contribution in [1.82, 2.24) is 14.8 Å². The SMILES string of the molecule is Cc1cccc(-c2nnc(SCCCOc3ccccc3)n2CC(N)=O)c1. The third-order valence-electron chi connectivity index (χ3n) is 3.84. The Bertz CT molecular complexity index is 896. The first-order valence-corrected chi connectivity index (χ1v) is 9.71.